The van der Waals surface area contributed by atoms with Gasteiger partial charge in [0.05, 0.1) is 39.9 Å². The third-order valence-electron chi connectivity index (χ3n) is 8.58. The molecule has 0 aromatic heterocycles. The van der Waals surface area contributed by atoms with Crippen molar-refractivity contribution in [2.45, 2.75) is 174 Å². The van der Waals surface area contributed by atoms with Crippen LogP contribution in [0.25, 0.3) is 0 Å². The van der Waals surface area contributed by atoms with Crippen molar-refractivity contribution in [1.29, 1.82) is 0 Å². The summed E-state index contributed by atoms with van der Waals surface area (Å²) in [5, 5.41) is 13.6. The van der Waals surface area contributed by atoms with Crippen LogP contribution < -0.4 is 10.2 Å². The second kappa shape index (κ2) is 32.6. The quantitative estimate of drug-likeness (QED) is 0.0293. The maximum Gasteiger partial charge on any atom is 0.268 e. The first-order valence-electron chi connectivity index (χ1n) is 19.9. The zero-order valence-electron chi connectivity index (χ0n) is 32.4. The first-order chi connectivity index (χ1) is 23.5. The van der Waals surface area contributed by atoms with Gasteiger partial charge in [0.15, 0.2) is 0 Å². The Balaban J connectivity index is 4.40. The van der Waals surface area contributed by atoms with Gasteiger partial charge in [-0.25, -0.2) is 0 Å². The van der Waals surface area contributed by atoms with Crippen molar-refractivity contribution in [2.24, 2.45) is 0 Å². The molecule has 3 atom stereocenters. The minimum atomic E-state index is -4.58. The number of phosphoric ester groups is 1. The van der Waals surface area contributed by atoms with Crippen LogP contribution in [0.5, 0.6) is 0 Å². The monoisotopic (exact) mass is 713 g/mol. The number of rotatable bonds is 35. The van der Waals surface area contributed by atoms with Crippen LogP contribution >= 0.6 is 7.82 Å². The summed E-state index contributed by atoms with van der Waals surface area (Å²) in [6.45, 7) is 4.53. The molecule has 0 bridgehead atoms. The van der Waals surface area contributed by atoms with E-state index >= 15 is 0 Å². The third-order valence-corrected chi connectivity index (χ3v) is 9.54. The number of hydrogen-bond acceptors (Lipinski definition) is 6. The molecule has 2 N–H and O–H groups in total. The summed E-state index contributed by atoms with van der Waals surface area (Å²) in [7, 11) is 1.23. The van der Waals surface area contributed by atoms with Gasteiger partial charge < -0.3 is 28.8 Å². The number of hydrogen-bond donors (Lipinski definition) is 2. The highest BCUT2D eigenvalue weighted by molar-refractivity contribution is 7.45. The molecular weight excluding hydrogens is 635 g/mol. The largest absolute Gasteiger partial charge is 0.756 e. The topological polar surface area (TPSA) is 108 Å². The summed E-state index contributed by atoms with van der Waals surface area (Å²) in [5.41, 5.74) is 0. The fourth-order valence-electron chi connectivity index (χ4n) is 5.36. The molecular formula is C40H77N2O6P. The van der Waals surface area contributed by atoms with Crippen LogP contribution in [0.2, 0.25) is 0 Å². The highest BCUT2D eigenvalue weighted by Gasteiger charge is 2.23. The molecule has 9 heteroatoms. The van der Waals surface area contributed by atoms with Crippen LogP contribution in [0.4, 0.5) is 0 Å². The van der Waals surface area contributed by atoms with Gasteiger partial charge in [0.2, 0.25) is 5.91 Å². The average Bonchev–Trinajstić information content (AvgIpc) is 3.04. The third kappa shape index (κ3) is 34.9. The minimum Gasteiger partial charge on any atom is -0.756 e. The standard InChI is InChI=1S/C40H77N2O6P/c1-6-8-10-12-14-15-16-17-18-19-20-21-22-23-24-25-26-27-28-29-31-33-39(43)38(41-40(44)34-32-30-13-11-9-7-2)37-48-49(45,46)47-36-35-42(3,4)5/h22-23,26-27,31,33,38-39,43H,6-21,24-25,28-30,32,34-37H2,1-5H3,(H-,41,44,45,46)/b23-22+,27-26+,33-31+. The normalized spacial score (nSPS) is 15.0. The van der Waals surface area contributed by atoms with Crippen LogP contribution in [0.3, 0.4) is 0 Å². The molecule has 49 heavy (non-hydrogen) atoms. The zero-order valence-corrected chi connectivity index (χ0v) is 33.3. The Hall–Kier alpha value is -1.28. The fourth-order valence-corrected chi connectivity index (χ4v) is 6.08. The summed E-state index contributed by atoms with van der Waals surface area (Å²) >= 11 is 0. The number of aliphatic hydroxyl groups excluding tert-OH is 1. The van der Waals surface area contributed by atoms with E-state index in [1.807, 2.05) is 27.2 Å². The van der Waals surface area contributed by atoms with Crippen LogP contribution in [0, 0.1) is 0 Å². The number of carbonyl (C=O) groups excluding carboxylic acids is 1. The molecule has 0 heterocycles. The molecule has 0 aliphatic carbocycles. The van der Waals surface area contributed by atoms with Gasteiger partial charge in [0, 0.05) is 6.42 Å². The Morgan fingerprint density at radius 2 is 1.14 bits per heavy atom. The molecule has 0 rings (SSSR count). The summed E-state index contributed by atoms with van der Waals surface area (Å²) in [4.78, 5) is 25.0. The van der Waals surface area contributed by atoms with Gasteiger partial charge in [-0.05, 0) is 44.9 Å². The predicted octanol–water partition coefficient (Wildman–Crippen LogP) is 9.72. The number of amides is 1. The van der Waals surface area contributed by atoms with Crippen molar-refractivity contribution in [3.63, 3.8) is 0 Å². The van der Waals surface area contributed by atoms with Crippen LogP contribution in [0.15, 0.2) is 36.5 Å². The molecule has 0 aromatic rings. The fraction of sp³-hybridized carbons (Fsp3) is 0.825. The van der Waals surface area contributed by atoms with Crippen molar-refractivity contribution in [1.82, 2.24) is 5.32 Å². The molecule has 3 unspecified atom stereocenters. The van der Waals surface area contributed by atoms with Gasteiger partial charge in [-0.15, -0.1) is 0 Å². The molecule has 0 aliphatic heterocycles. The van der Waals surface area contributed by atoms with Crippen LogP contribution in [-0.4, -0.2) is 68.5 Å². The second-order valence-corrected chi connectivity index (χ2v) is 16.0. The van der Waals surface area contributed by atoms with Crippen LogP contribution in [0.1, 0.15) is 162 Å². The number of phosphoric acid groups is 1. The highest BCUT2D eigenvalue weighted by atomic mass is 31.2. The van der Waals surface area contributed by atoms with E-state index in [4.69, 9.17) is 9.05 Å². The Kier molecular flexibility index (Phi) is 31.8. The Bertz CT molecular complexity index is 902. The molecule has 0 fully saturated rings. The van der Waals surface area contributed by atoms with E-state index in [0.717, 1.165) is 51.4 Å². The van der Waals surface area contributed by atoms with Gasteiger partial charge in [0.1, 0.15) is 13.2 Å². The van der Waals surface area contributed by atoms with E-state index in [1.165, 1.54) is 89.9 Å². The smallest absolute Gasteiger partial charge is 0.268 e. The van der Waals surface area contributed by atoms with Crippen molar-refractivity contribution in [3.8, 4) is 0 Å². The van der Waals surface area contributed by atoms with Crippen LogP contribution in [-0.2, 0) is 18.4 Å². The Labute approximate surface area is 302 Å². The maximum atomic E-state index is 12.6. The van der Waals surface area contributed by atoms with Gasteiger partial charge in [-0.2, -0.15) is 0 Å². The van der Waals surface area contributed by atoms with E-state index in [9.17, 15) is 19.4 Å². The lowest BCUT2D eigenvalue weighted by atomic mass is 10.1. The van der Waals surface area contributed by atoms with Gasteiger partial charge in [-0.1, -0.05) is 147 Å². The van der Waals surface area contributed by atoms with E-state index in [1.54, 1.807) is 6.08 Å². The van der Waals surface area contributed by atoms with Gasteiger partial charge >= 0.3 is 0 Å². The van der Waals surface area contributed by atoms with E-state index in [0.29, 0.717) is 17.4 Å². The number of aliphatic hydroxyl groups is 1. The molecule has 0 saturated heterocycles. The molecule has 8 nitrogen and oxygen atoms in total. The van der Waals surface area contributed by atoms with Gasteiger partial charge in [0.25, 0.3) is 7.82 Å². The number of quaternary nitrogens is 1. The van der Waals surface area contributed by atoms with E-state index in [-0.39, 0.29) is 12.5 Å². The number of likely N-dealkylation sites (N-methyl/N-ethyl adjacent to an activating group) is 1. The summed E-state index contributed by atoms with van der Waals surface area (Å²) in [6.07, 6.45) is 38.0. The van der Waals surface area contributed by atoms with Crippen molar-refractivity contribution < 1.29 is 32.9 Å². The summed E-state index contributed by atoms with van der Waals surface area (Å²) in [5.74, 6) is -0.223. The summed E-state index contributed by atoms with van der Waals surface area (Å²) < 4.78 is 23.0. The second-order valence-electron chi connectivity index (χ2n) is 14.6. The van der Waals surface area contributed by atoms with Crippen molar-refractivity contribution in [2.75, 3.05) is 40.9 Å². The first kappa shape index (κ1) is 47.7. The first-order valence-corrected chi connectivity index (χ1v) is 21.3. The highest BCUT2D eigenvalue weighted by Crippen LogP contribution is 2.38. The lowest BCUT2D eigenvalue weighted by Gasteiger charge is -2.29. The number of nitrogens with zero attached hydrogens (tertiary/aromatic N) is 1. The van der Waals surface area contributed by atoms with Crippen molar-refractivity contribution >= 4 is 13.7 Å². The average molecular weight is 713 g/mol. The molecule has 0 saturated carbocycles. The predicted molar refractivity (Wildman–Crippen MR) is 205 cm³/mol. The lowest BCUT2D eigenvalue weighted by molar-refractivity contribution is -0.870. The number of allylic oxidation sites excluding steroid dienone is 5. The lowest BCUT2D eigenvalue weighted by Crippen LogP contribution is -2.45. The van der Waals surface area contributed by atoms with Crippen molar-refractivity contribution in [3.05, 3.63) is 36.5 Å². The molecule has 0 aliphatic rings. The Morgan fingerprint density at radius 3 is 1.65 bits per heavy atom. The minimum absolute atomic E-state index is 0.00889. The Morgan fingerprint density at radius 1 is 0.694 bits per heavy atom. The number of nitrogens with one attached hydrogen (secondary N) is 1. The van der Waals surface area contributed by atoms with Gasteiger partial charge in [-0.3, -0.25) is 9.36 Å². The number of carbonyl (C=O) groups is 1. The van der Waals surface area contributed by atoms with E-state index in [2.05, 4.69) is 43.5 Å². The molecule has 288 valence electrons. The summed E-state index contributed by atoms with van der Waals surface area (Å²) in [6, 6.07) is -0.902. The maximum absolute atomic E-state index is 12.6. The molecule has 0 spiro atoms. The number of unbranched alkanes of at least 4 members (excludes halogenated alkanes) is 18. The molecule has 0 aromatic carbocycles. The SMILES string of the molecule is CCCCCCCCCCCCC/C=C/CC/C=C/CC/C=C/C(O)C(COP(=O)([O-])OCC[N+](C)(C)C)NC(=O)CCCCCCCC. The molecule has 1 amide bonds. The molecule has 0 radical (unpaired) electrons. The van der Waals surface area contributed by atoms with E-state index < -0.39 is 26.6 Å². The zero-order chi connectivity index (χ0) is 36.5.